The van der Waals surface area contributed by atoms with Crippen molar-refractivity contribution in [2.24, 2.45) is 17.3 Å². The molecule has 0 radical (unpaired) electrons. The van der Waals surface area contributed by atoms with E-state index in [1.54, 1.807) is 6.07 Å². The third kappa shape index (κ3) is 7.41. The third-order valence-electron chi connectivity index (χ3n) is 14.1. The van der Waals surface area contributed by atoms with E-state index in [4.69, 9.17) is 4.74 Å². The van der Waals surface area contributed by atoms with Gasteiger partial charge in [-0.3, -0.25) is 4.79 Å². The van der Waals surface area contributed by atoms with Gasteiger partial charge < -0.3 is 35.6 Å². The first-order chi connectivity index (χ1) is 29.2. The second kappa shape index (κ2) is 16.4. The Bertz CT molecular complexity index is 2330. The number of benzene rings is 2. The summed E-state index contributed by atoms with van der Waals surface area (Å²) < 4.78 is 8.15. The van der Waals surface area contributed by atoms with Gasteiger partial charge in [0.2, 0.25) is 11.5 Å². The number of rotatable bonds is 14. The zero-order valence-corrected chi connectivity index (χ0v) is 35.4. The van der Waals surface area contributed by atoms with E-state index < -0.39 is 23.8 Å². The van der Waals surface area contributed by atoms with E-state index in [0.717, 1.165) is 92.6 Å². The van der Waals surface area contributed by atoms with Crippen LogP contribution in [0.25, 0.3) is 21.5 Å². The van der Waals surface area contributed by atoms with E-state index in [2.05, 4.69) is 36.6 Å². The number of fused-ring (bicyclic) bond motifs is 4. The van der Waals surface area contributed by atoms with Gasteiger partial charge in [0.25, 0.3) is 0 Å². The summed E-state index contributed by atoms with van der Waals surface area (Å²) in [6.45, 7) is 4.85. The highest BCUT2D eigenvalue weighted by Gasteiger charge is 2.55. The molecule has 10 rings (SSSR count). The van der Waals surface area contributed by atoms with E-state index in [1.165, 1.54) is 39.4 Å². The number of carbonyl (C=O) groups is 2. The van der Waals surface area contributed by atoms with E-state index in [1.807, 2.05) is 53.9 Å². The van der Waals surface area contributed by atoms with Crippen LogP contribution in [0.5, 0.6) is 0 Å². The minimum Gasteiger partial charge on any atom is -0.460 e. The fraction of sp³-hybridized carbons (Fsp3) is 0.522. The zero-order chi connectivity index (χ0) is 41.0. The average molecular weight is 851 g/mol. The Morgan fingerprint density at radius 3 is 2.67 bits per heavy atom. The average Bonchev–Trinajstić information content (AvgIpc) is 4.07. The van der Waals surface area contributed by atoms with Gasteiger partial charge in [-0.25, -0.2) is 9.48 Å². The summed E-state index contributed by atoms with van der Waals surface area (Å²) in [4.78, 5) is 30.4. The number of nitrogens with zero attached hydrogens (tertiary/aromatic N) is 4. The van der Waals surface area contributed by atoms with Crippen molar-refractivity contribution in [2.75, 3.05) is 26.2 Å². The van der Waals surface area contributed by atoms with Crippen molar-refractivity contribution in [1.29, 1.82) is 0 Å². The van der Waals surface area contributed by atoms with Gasteiger partial charge in [0.15, 0.2) is 0 Å². The highest BCUT2D eigenvalue weighted by Crippen LogP contribution is 2.51. The predicted octanol–water partition coefficient (Wildman–Crippen LogP) is 5.16. The number of hydrogen-bond donors (Lipinski definition) is 5. The maximum Gasteiger partial charge on any atom is 0.349 e. The monoisotopic (exact) mass is 850 g/mol. The highest BCUT2D eigenvalue weighted by molar-refractivity contribution is 7.16. The Balaban J connectivity index is 0.704. The van der Waals surface area contributed by atoms with Crippen molar-refractivity contribution in [3.8, 4) is 10.4 Å². The molecule has 1 amide bonds. The van der Waals surface area contributed by atoms with E-state index >= 15 is 0 Å². The van der Waals surface area contributed by atoms with E-state index in [9.17, 15) is 24.9 Å². The number of aryl methyl sites for hydroxylation is 2. The molecule has 5 N–H and O–H groups in total. The predicted molar refractivity (Wildman–Crippen MR) is 230 cm³/mol. The fourth-order valence-electron chi connectivity index (χ4n) is 11.2. The van der Waals surface area contributed by atoms with Crippen LogP contribution in [-0.4, -0.2) is 97.6 Å². The topological polar surface area (TPSA) is 162 Å². The van der Waals surface area contributed by atoms with Crippen LogP contribution in [0.3, 0.4) is 0 Å². The zero-order valence-electron chi connectivity index (χ0n) is 33.8. The number of ether oxygens (including phenoxy) is 1. The molecule has 2 saturated carbocycles. The Labute approximate surface area is 357 Å². The first-order valence-electron chi connectivity index (χ1n) is 21.8. The van der Waals surface area contributed by atoms with E-state index in [0.29, 0.717) is 42.1 Å². The van der Waals surface area contributed by atoms with Crippen LogP contribution in [0.4, 0.5) is 0 Å². The number of carbonyl (C=O) groups excluding carboxylic acids is 2. The molecule has 60 heavy (non-hydrogen) atoms. The number of amides is 1. The summed E-state index contributed by atoms with van der Waals surface area (Å²) in [5, 5.41) is 51.4. The van der Waals surface area contributed by atoms with Crippen LogP contribution in [0.15, 0.2) is 66.0 Å². The Kier molecular flexibility index (Phi) is 10.9. The van der Waals surface area contributed by atoms with Gasteiger partial charge in [-0.15, -0.1) is 27.8 Å². The number of thiophene rings is 2. The number of aromatic nitrogens is 3. The number of likely N-dealkylation sites (tertiary alicyclic amines) is 1. The van der Waals surface area contributed by atoms with Crippen molar-refractivity contribution < 1.29 is 29.6 Å². The smallest absolute Gasteiger partial charge is 0.349 e. The first-order valence-corrected chi connectivity index (χ1v) is 23.5. The maximum absolute atomic E-state index is 13.8. The summed E-state index contributed by atoms with van der Waals surface area (Å²) in [7, 11) is 0. The lowest BCUT2D eigenvalue weighted by molar-refractivity contribution is -0.191. The summed E-state index contributed by atoms with van der Waals surface area (Å²) >= 11 is 2.79. The maximum atomic E-state index is 13.8. The van der Waals surface area contributed by atoms with Gasteiger partial charge in [0.1, 0.15) is 11.6 Å². The standard InChI is InChI=1S/C46H54N6O6S2/c53-36-14-12-32(33-13-17-41(55)48-42(33)36)37(54)25-47-24-29-21-35-43(34-10-4-9-31(29)34)52(50-49-35)19-6-18-51-26-45(27-51)22-30(23-45)58-44(56)46(57,39-11-5-20-59-39)40-16-15-38(60-40)28-7-2-1-3-8-28/h1-3,5,7-8,11,15-16,20-21,30,32-33,36-37,42,47,53-54,57H,4,6,9-10,12-14,17-19,22-27H2,(H,48,55)/t32?,33?,36?,37-,42?,46-/m0/s1. The molecular formula is C46H54N6O6S2. The Hall–Kier alpha value is -4.02. The van der Waals surface area contributed by atoms with Gasteiger partial charge >= 0.3 is 5.97 Å². The second-order valence-electron chi connectivity index (χ2n) is 18.0. The highest BCUT2D eigenvalue weighted by atomic mass is 32.1. The molecule has 12 nitrogen and oxygen atoms in total. The van der Waals surface area contributed by atoms with Crippen molar-refractivity contribution >= 4 is 45.6 Å². The Morgan fingerprint density at radius 1 is 1.02 bits per heavy atom. The second-order valence-corrected chi connectivity index (χ2v) is 20.1. The summed E-state index contributed by atoms with van der Waals surface area (Å²) in [5.74, 6) is -0.452. The molecule has 2 aromatic carbocycles. The molecular weight excluding hydrogens is 797 g/mol. The van der Waals surface area contributed by atoms with Crippen LogP contribution >= 0.6 is 22.7 Å². The van der Waals surface area contributed by atoms with Crippen LogP contribution in [-0.2, 0) is 45.9 Å². The van der Waals surface area contributed by atoms with Crippen molar-refractivity contribution in [3.63, 3.8) is 0 Å². The van der Waals surface area contributed by atoms with Gasteiger partial charge in [-0.2, -0.15) is 0 Å². The molecule has 1 spiro atoms. The van der Waals surface area contributed by atoms with Crippen LogP contribution in [0.2, 0.25) is 0 Å². The molecule has 3 aliphatic carbocycles. The largest absolute Gasteiger partial charge is 0.460 e. The number of hydrogen-bond acceptors (Lipinski definition) is 12. The molecule has 6 atom stereocenters. The number of piperidine rings is 1. The lowest BCUT2D eigenvalue weighted by Crippen LogP contribution is -2.64. The van der Waals surface area contributed by atoms with Crippen LogP contribution in [0.1, 0.15) is 77.8 Å². The van der Waals surface area contributed by atoms with Crippen molar-refractivity contribution in [3.05, 3.63) is 92.5 Å². The molecule has 14 heteroatoms. The number of aliphatic hydroxyl groups is 3. The minimum absolute atomic E-state index is 0.00537. The number of aliphatic hydroxyl groups excluding tert-OH is 2. The molecule has 2 aliphatic heterocycles. The molecule has 2 saturated heterocycles. The fourth-order valence-corrected chi connectivity index (χ4v) is 13.2. The van der Waals surface area contributed by atoms with E-state index in [-0.39, 0.29) is 35.3 Å². The van der Waals surface area contributed by atoms with Crippen molar-refractivity contribution in [2.45, 2.75) is 107 Å². The SMILES string of the molecule is O=C1CCC2C(N1)C(O)CCC2[C@@H](O)CNCc1cc2nnn(CCCN3CC4(CC(OC(=O)[C@](O)(c5cccs5)c5ccc(-c6ccccc6)s5)C4)C3)c2c2c1CCC2. The van der Waals surface area contributed by atoms with Gasteiger partial charge in [-0.1, -0.05) is 41.6 Å². The van der Waals surface area contributed by atoms with Gasteiger partial charge in [-0.05, 0) is 128 Å². The summed E-state index contributed by atoms with van der Waals surface area (Å²) in [5.41, 5.74) is 5.44. The molecule has 3 aromatic heterocycles. The molecule has 4 unspecified atom stereocenters. The molecule has 0 bridgehead atoms. The number of nitrogens with one attached hydrogen (secondary N) is 2. The summed E-state index contributed by atoms with van der Waals surface area (Å²) in [6, 6.07) is 19.4. The molecule has 316 valence electrons. The minimum atomic E-state index is -1.84. The van der Waals surface area contributed by atoms with Gasteiger partial charge in [0.05, 0.1) is 33.5 Å². The molecule has 5 heterocycles. The van der Waals surface area contributed by atoms with Gasteiger partial charge in [0, 0.05) is 49.4 Å². The molecule has 4 fully saturated rings. The third-order valence-corrected chi connectivity index (χ3v) is 16.4. The van der Waals surface area contributed by atoms with Crippen LogP contribution < -0.4 is 10.6 Å². The van der Waals surface area contributed by atoms with Crippen LogP contribution in [0, 0.1) is 17.3 Å². The first kappa shape index (κ1) is 40.1. The molecule has 5 aliphatic rings. The lowest BCUT2D eigenvalue weighted by atomic mass is 9.61. The number of esters is 1. The Morgan fingerprint density at radius 2 is 1.85 bits per heavy atom. The summed E-state index contributed by atoms with van der Waals surface area (Å²) in [6.07, 6.45) is 6.99. The van der Waals surface area contributed by atoms with Crippen molar-refractivity contribution in [1.82, 2.24) is 30.5 Å². The quantitative estimate of drug-likeness (QED) is 0.0945. The normalized spacial score (nSPS) is 25.2. The molecule has 5 aromatic rings. The lowest BCUT2D eigenvalue weighted by Gasteiger charge is -2.58.